The minimum absolute atomic E-state index is 0.0185. The standard InChI is InChI=1S/C33H49BN4O4/c1-22(2)16-25(20-35)21-36-15-11-10-14-27(37-23(3)39)31(40)38-30(17-24-12-8-7-9-13-24)34-41-29-19-26-18-28(32(26,4)5)33(29,6)42-34/h7-9,12-13,16,22,26-30,36H,10-11,14-15,17-19,21H2,1-6H3,(H,37,39)(H,38,40)/t26-,27-,28-,29+,30-,33-/m0/s1. The lowest BCUT2D eigenvalue weighted by Gasteiger charge is -2.64. The van der Waals surface area contributed by atoms with E-state index in [4.69, 9.17) is 9.31 Å². The van der Waals surface area contributed by atoms with Crippen LogP contribution in [0.15, 0.2) is 42.0 Å². The first-order chi connectivity index (χ1) is 19.9. The van der Waals surface area contributed by atoms with Crippen molar-refractivity contribution in [2.45, 2.75) is 104 Å². The molecular formula is C33H49BN4O4. The maximum Gasteiger partial charge on any atom is 0.482 e. The van der Waals surface area contributed by atoms with Gasteiger partial charge in [-0.25, -0.2) is 0 Å². The monoisotopic (exact) mass is 576 g/mol. The van der Waals surface area contributed by atoms with Crippen LogP contribution in [-0.4, -0.2) is 55.7 Å². The summed E-state index contributed by atoms with van der Waals surface area (Å²) in [6, 6.07) is 11.7. The first-order valence-electron chi connectivity index (χ1n) is 15.7. The van der Waals surface area contributed by atoms with Gasteiger partial charge >= 0.3 is 7.12 Å². The molecule has 0 unspecified atom stereocenters. The summed E-state index contributed by atoms with van der Waals surface area (Å²) < 4.78 is 13.3. The highest BCUT2D eigenvalue weighted by Crippen LogP contribution is 2.65. The van der Waals surface area contributed by atoms with Crippen LogP contribution in [0.3, 0.4) is 0 Å². The average molecular weight is 577 g/mol. The Bertz CT molecular complexity index is 1170. The van der Waals surface area contributed by atoms with Crippen LogP contribution in [0.25, 0.3) is 0 Å². The summed E-state index contributed by atoms with van der Waals surface area (Å²) in [6.07, 6.45) is 6.79. The molecule has 2 bridgehead atoms. The minimum atomic E-state index is -0.651. The number of amides is 2. The molecule has 1 heterocycles. The molecule has 1 saturated heterocycles. The number of allylic oxidation sites excluding steroid dienone is 1. The van der Waals surface area contributed by atoms with E-state index < -0.39 is 19.1 Å². The van der Waals surface area contributed by atoms with Crippen LogP contribution in [-0.2, 0) is 25.3 Å². The fraction of sp³-hybridized carbons (Fsp3) is 0.667. The van der Waals surface area contributed by atoms with Gasteiger partial charge in [0.1, 0.15) is 6.04 Å². The summed E-state index contributed by atoms with van der Waals surface area (Å²) in [6.45, 7) is 13.7. The summed E-state index contributed by atoms with van der Waals surface area (Å²) in [5, 5.41) is 18.7. The summed E-state index contributed by atoms with van der Waals surface area (Å²) in [7, 11) is -0.560. The Kier molecular flexibility index (Phi) is 10.6. The van der Waals surface area contributed by atoms with Gasteiger partial charge in [-0.3, -0.25) is 9.59 Å². The molecule has 4 aliphatic rings. The van der Waals surface area contributed by atoms with E-state index in [-0.39, 0.29) is 28.9 Å². The number of nitriles is 1. The number of unbranched alkanes of at least 4 members (excludes halogenated alkanes) is 1. The highest BCUT2D eigenvalue weighted by molar-refractivity contribution is 6.48. The zero-order valence-corrected chi connectivity index (χ0v) is 26.2. The third kappa shape index (κ3) is 7.45. The molecule has 5 rings (SSSR count). The quantitative estimate of drug-likeness (QED) is 0.173. The van der Waals surface area contributed by atoms with E-state index in [0.29, 0.717) is 37.1 Å². The van der Waals surface area contributed by atoms with Crippen molar-refractivity contribution < 1.29 is 18.9 Å². The topological polar surface area (TPSA) is 112 Å². The molecule has 0 aromatic heterocycles. The molecule has 228 valence electrons. The molecule has 4 fully saturated rings. The van der Waals surface area contributed by atoms with Gasteiger partial charge < -0.3 is 25.3 Å². The van der Waals surface area contributed by atoms with E-state index in [1.54, 1.807) is 0 Å². The van der Waals surface area contributed by atoms with Crippen molar-refractivity contribution in [1.82, 2.24) is 16.0 Å². The molecule has 1 aromatic rings. The summed E-state index contributed by atoms with van der Waals surface area (Å²) in [4.78, 5) is 25.7. The van der Waals surface area contributed by atoms with E-state index in [0.717, 1.165) is 43.4 Å². The molecule has 0 radical (unpaired) electrons. The highest BCUT2D eigenvalue weighted by Gasteiger charge is 2.68. The molecule has 42 heavy (non-hydrogen) atoms. The first kappa shape index (κ1) is 32.3. The van der Waals surface area contributed by atoms with Gasteiger partial charge in [0.2, 0.25) is 11.8 Å². The second-order valence-electron chi connectivity index (χ2n) is 13.6. The smallest absolute Gasteiger partial charge is 0.404 e. The van der Waals surface area contributed by atoms with Gasteiger partial charge in [0.25, 0.3) is 0 Å². The SMILES string of the molecule is CC(=O)N[C@@H](CCCCNCC(C#N)=CC(C)C)C(=O)N[C@@H](Cc1ccccc1)B1O[C@@H]2C[C@@H]3C[C@@H](C3(C)C)[C@]2(C)O1. The molecule has 3 aliphatic carbocycles. The summed E-state index contributed by atoms with van der Waals surface area (Å²) in [5.41, 5.74) is 1.68. The number of nitrogens with zero attached hydrogens (tertiary/aromatic N) is 1. The molecule has 8 nitrogen and oxygen atoms in total. The van der Waals surface area contributed by atoms with Crippen molar-refractivity contribution in [2.75, 3.05) is 13.1 Å². The maximum atomic E-state index is 13.7. The largest absolute Gasteiger partial charge is 0.482 e. The normalized spacial score (nSPS) is 27.4. The predicted octanol–water partition coefficient (Wildman–Crippen LogP) is 4.35. The fourth-order valence-electron chi connectivity index (χ4n) is 7.31. The Labute approximate surface area is 252 Å². The molecule has 6 atom stereocenters. The van der Waals surface area contributed by atoms with Gasteiger partial charge in [-0.1, -0.05) is 64.1 Å². The van der Waals surface area contributed by atoms with E-state index in [9.17, 15) is 14.9 Å². The minimum Gasteiger partial charge on any atom is -0.404 e. The Hall–Kier alpha value is -2.67. The van der Waals surface area contributed by atoms with Gasteiger partial charge in [-0.2, -0.15) is 5.26 Å². The lowest BCUT2D eigenvalue weighted by atomic mass is 9.43. The Morgan fingerprint density at radius 1 is 1.14 bits per heavy atom. The van der Waals surface area contributed by atoms with Crippen molar-refractivity contribution in [3.63, 3.8) is 0 Å². The molecule has 1 aliphatic heterocycles. The molecule has 1 aromatic carbocycles. The van der Waals surface area contributed by atoms with Crippen LogP contribution in [0.5, 0.6) is 0 Å². The number of hydrogen-bond acceptors (Lipinski definition) is 6. The number of rotatable bonds is 14. The van der Waals surface area contributed by atoms with E-state index >= 15 is 0 Å². The van der Waals surface area contributed by atoms with Crippen molar-refractivity contribution in [2.24, 2.45) is 23.2 Å². The fourth-order valence-corrected chi connectivity index (χ4v) is 7.31. The number of benzene rings is 1. The lowest BCUT2D eigenvalue weighted by molar-refractivity contribution is -0.199. The van der Waals surface area contributed by atoms with Gasteiger partial charge in [-0.15, -0.1) is 0 Å². The Balaban J connectivity index is 1.38. The molecule has 2 amide bonds. The molecule has 0 spiro atoms. The van der Waals surface area contributed by atoms with E-state index in [2.05, 4.69) is 68.8 Å². The molecule has 3 saturated carbocycles. The zero-order valence-electron chi connectivity index (χ0n) is 26.2. The van der Waals surface area contributed by atoms with Crippen LogP contribution in [0.2, 0.25) is 0 Å². The number of carbonyl (C=O) groups excluding carboxylic acids is 2. The van der Waals surface area contributed by atoms with Crippen LogP contribution < -0.4 is 16.0 Å². The molecule has 9 heteroatoms. The summed E-state index contributed by atoms with van der Waals surface area (Å²) in [5.74, 6) is 0.548. The van der Waals surface area contributed by atoms with Crippen LogP contribution in [0.1, 0.15) is 79.2 Å². The second kappa shape index (κ2) is 13.8. The zero-order chi connectivity index (χ0) is 30.5. The number of hydrogen-bond donors (Lipinski definition) is 3. The van der Waals surface area contributed by atoms with E-state index in [1.165, 1.54) is 6.92 Å². The van der Waals surface area contributed by atoms with Crippen molar-refractivity contribution in [1.29, 1.82) is 5.26 Å². The first-order valence-corrected chi connectivity index (χ1v) is 15.7. The Morgan fingerprint density at radius 3 is 2.52 bits per heavy atom. The van der Waals surface area contributed by atoms with Crippen LogP contribution in [0, 0.1) is 34.5 Å². The third-order valence-corrected chi connectivity index (χ3v) is 9.71. The lowest BCUT2D eigenvalue weighted by Crippen LogP contribution is -2.65. The van der Waals surface area contributed by atoms with Gasteiger partial charge in [-0.05, 0) is 80.7 Å². The van der Waals surface area contributed by atoms with Crippen LogP contribution >= 0.6 is 0 Å². The van der Waals surface area contributed by atoms with E-state index in [1.807, 2.05) is 24.3 Å². The second-order valence-corrected chi connectivity index (χ2v) is 13.6. The van der Waals surface area contributed by atoms with Gasteiger partial charge in [0.05, 0.1) is 23.7 Å². The highest BCUT2D eigenvalue weighted by atomic mass is 16.7. The van der Waals surface area contributed by atoms with Crippen molar-refractivity contribution >= 4 is 18.9 Å². The Morgan fingerprint density at radius 2 is 1.88 bits per heavy atom. The average Bonchev–Trinajstić information content (AvgIpc) is 3.30. The maximum absolute atomic E-state index is 13.7. The summed E-state index contributed by atoms with van der Waals surface area (Å²) >= 11 is 0. The van der Waals surface area contributed by atoms with Crippen LogP contribution in [0.4, 0.5) is 0 Å². The third-order valence-electron chi connectivity index (χ3n) is 9.71. The van der Waals surface area contributed by atoms with Gasteiger partial charge in [0, 0.05) is 19.0 Å². The predicted molar refractivity (Wildman–Crippen MR) is 165 cm³/mol. The van der Waals surface area contributed by atoms with Gasteiger partial charge in [0.15, 0.2) is 0 Å². The number of carbonyl (C=O) groups is 2. The molecule has 3 N–H and O–H groups in total. The van der Waals surface area contributed by atoms with Crippen molar-refractivity contribution in [3.8, 4) is 6.07 Å². The number of nitrogens with one attached hydrogen (secondary N) is 3. The molecular weight excluding hydrogens is 527 g/mol. The van der Waals surface area contributed by atoms with Crippen molar-refractivity contribution in [3.05, 3.63) is 47.5 Å².